The van der Waals surface area contributed by atoms with Crippen molar-refractivity contribution in [1.82, 2.24) is 19.9 Å². The summed E-state index contributed by atoms with van der Waals surface area (Å²) < 4.78 is 10.6. The zero-order valence-corrected chi connectivity index (χ0v) is 21.1. The van der Waals surface area contributed by atoms with Crippen LogP contribution in [0.2, 0.25) is 10.0 Å². The van der Waals surface area contributed by atoms with Gasteiger partial charge in [0.1, 0.15) is 11.5 Å². The van der Waals surface area contributed by atoms with E-state index in [9.17, 15) is 9.90 Å². The van der Waals surface area contributed by atoms with Gasteiger partial charge in [-0.3, -0.25) is 4.98 Å². The average Bonchev–Trinajstić information content (AvgIpc) is 3.23. The molecule has 0 amide bonds. The van der Waals surface area contributed by atoms with E-state index in [0.717, 1.165) is 12.2 Å². The fourth-order valence-corrected chi connectivity index (χ4v) is 4.19. The van der Waals surface area contributed by atoms with Crippen molar-refractivity contribution in [2.24, 2.45) is 0 Å². The highest BCUT2D eigenvalue weighted by Crippen LogP contribution is 2.47. The van der Waals surface area contributed by atoms with Gasteiger partial charge in [-0.2, -0.15) is 0 Å². The van der Waals surface area contributed by atoms with Crippen molar-refractivity contribution in [3.8, 4) is 22.6 Å². The summed E-state index contributed by atoms with van der Waals surface area (Å²) in [6.45, 7) is 0.851. The van der Waals surface area contributed by atoms with E-state index in [1.165, 1.54) is 26.5 Å². The molecule has 0 saturated carbocycles. The number of nitrogens with zero attached hydrogens (tertiary/aromatic N) is 3. The van der Waals surface area contributed by atoms with Crippen LogP contribution in [0, 0.1) is 0 Å². The zero-order chi connectivity index (χ0) is 25.7. The smallest absolute Gasteiger partial charge is 0.337 e. The van der Waals surface area contributed by atoms with E-state index in [1.807, 2.05) is 19.0 Å². The van der Waals surface area contributed by atoms with Crippen LogP contribution in [-0.2, 0) is 6.54 Å². The molecule has 0 unspecified atom stereocenters. The number of carbonyl (C=O) groups is 1. The molecule has 9 nitrogen and oxygen atoms in total. The quantitative estimate of drug-likeness (QED) is 0.326. The number of hydrogen-bond donors (Lipinski definition) is 3. The van der Waals surface area contributed by atoms with Crippen LogP contribution in [-0.4, -0.2) is 59.2 Å². The minimum atomic E-state index is -1.06. The molecule has 184 valence electrons. The summed E-state index contributed by atoms with van der Waals surface area (Å²) in [6.07, 6.45) is 3.28. The van der Waals surface area contributed by atoms with Gasteiger partial charge in [0.2, 0.25) is 0 Å². The van der Waals surface area contributed by atoms with Gasteiger partial charge in [0.25, 0.3) is 0 Å². The molecule has 0 atom stereocenters. The van der Waals surface area contributed by atoms with Gasteiger partial charge in [0, 0.05) is 29.8 Å². The summed E-state index contributed by atoms with van der Waals surface area (Å²) in [6, 6.07) is 8.21. The van der Waals surface area contributed by atoms with Crippen molar-refractivity contribution in [1.29, 1.82) is 0 Å². The number of nitrogens with one attached hydrogen (secondary N) is 1. The van der Waals surface area contributed by atoms with Gasteiger partial charge in [0.15, 0.2) is 5.95 Å². The lowest BCUT2D eigenvalue weighted by Crippen LogP contribution is -2.10. The molecule has 0 saturated heterocycles. The van der Waals surface area contributed by atoms with Crippen molar-refractivity contribution >= 4 is 46.0 Å². The van der Waals surface area contributed by atoms with E-state index in [0.29, 0.717) is 49.5 Å². The van der Waals surface area contributed by atoms with Crippen LogP contribution in [0.1, 0.15) is 16.1 Å². The topological polar surface area (TPSA) is 127 Å². The van der Waals surface area contributed by atoms with Crippen molar-refractivity contribution in [2.75, 3.05) is 34.0 Å². The molecule has 0 spiro atoms. The van der Waals surface area contributed by atoms with Crippen LogP contribution in [0.5, 0.6) is 11.5 Å². The first kappa shape index (κ1) is 26.1. The normalized spacial score (nSPS) is 10.7. The summed E-state index contributed by atoms with van der Waals surface area (Å²) in [5, 5.41) is 10.6. The number of methoxy groups -OCH3 is 2. The van der Waals surface area contributed by atoms with Gasteiger partial charge in [0.05, 0.1) is 47.2 Å². The Balaban J connectivity index is 0.000000287. The fraction of sp³-hybridized carbons (Fsp3) is 0.208. The van der Waals surface area contributed by atoms with E-state index >= 15 is 0 Å². The van der Waals surface area contributed by atoms with E-state index in [1.54, 1.807) is 30.5 Å². The zero-order valence-electron chi connectivity index (χ0n) is 19.6. The maximum absolute atomic E-state index is 11.5. The molecule has 4 aromatic rings. The number of aromatic carboxylic acids is 1. The Morgan fingerprint density at radius 3 is 2.29 bits per heavy atom. The van der Waals surface area contributed by atoms with Crippen LogP contribution in [0.25, 0.3) is 22.0 Å². The number of ether oxygens (including phenoxy) is 2. The molecule has 35 heavy (non-hydrogen) atoms. The second kappa shape index (κ2) is 11.3. The van der Waals surface area contributed by atoms with E-state index in [-0.39, 0.29) is 5.56 Å². The number of anilines is 1. The van der Waals surface area contributed by atoms with Crippen LogP contribution in [0.3, 0.4) is 0 Å². The number of aromatic amines is 1. The minimum Gasteiger partial charge on any atom is -0.495 e. The predicted molar refractivity (Wildman–Crippen MR) is 138 cm³/mol. The van der Waals surface area contributed by atoms with Crippen LogP contribution in [0.15, 0.2) is 42.7 Å². The highest BCUT2D eigenvalue weighted by molar-refractivity contribution is 6.41. The number of H-pyrrole nitrogens is 1. The fourth-order valence-electron chi connectivity index (χ4n) is 3.48. The standard InChI is InChI=1S/C18H13Cl2NO4.C6H12N4/c1-24-12-8-13(25-2)16(20)14(15(12)19)9-5-6-11(18(22)23)17-10(9)4-3-7-21-17;1-10(2)4-5-3-8-6(7)9-5/h3-8H,1-2H3,(H,22,23);3H,4H2,1-2H3,(H3,7,8,9). The number of carboxylic acid groups (broad SMARTS) is 1. The molecule has 0 radical (unpaired) electrons. The Bertz CT molecular complexity index is 1330. The van der Waals surface area contributed by atoms with Crippen LogP contribution in [0.4, 0.5) is 5.95 Å². The molecule has 0 fully saturated rings. The molecular formula is C24H25Cl2N5O4. The summed E-state index contributed by atoms with van der Waals surface area (Å²) in [5.74, 6) is 0.224. The Morgan fingerprint density at radius 1 is 1.11 bits per heavy atom. The van der Waals surface area contributed by atoms with E-state index < -0.39 is 5.97 Å². The molecule has 0 aliphatic heterocycles. The second-order valence-corrected chi connectivity index (χ2v) is 8.44. The van der Waals surface area contributed by atoms with Gasteiger partial charge >= 0.3 is 5.97 Å². The van der Waals surface area contributed by atoms with Crippen molar-refractivity contribution in [3.05, 3.63) is 64.0 Å². The van der Waals surface area contributed by atoms with E-state index in [2.05, 4.69) is 15.0 Å². The Labute approximate surface area is 212 Å². The third kappa shape index (κ3) is 5.76. The van der Waals surface area contributed by atoms with Crippen LogP contribution < -0.4 is 15.2 Å². The highest BCUT2D eigenvalue weighted by Gasteiger charge is 2.22. The maximum atomic E-state index is 11.5. The van der Waals surface area contributed by atoms with Crippen molar-refractivity contribution in [2.45, 2.75) is 6.54 Å². The van der Waals surface area contributed by atoms with Gasteiger partial charge in [-0.15, -0.1) is 0 Å². The van der Waals surface area contributed by atoms with Gasteiger partial charge in [-0.1, -0.05) is 35.3 Å². The molecule has 0 bridgehead atoms. The summed E-state index contributed by atoms with van der Waals surface area (Å²) >= 11 is 13.0. The predicted octanol–water partition coefficient (Wildman–Crippen LogP) is 4.98. The minimum absolute atomic E-state index is 0.0986. The largest absolute Gasteiger partial charge is 0.495 e. The first-order valence-electron chi connectivity index (χ1n) is 10.3. The lowest BCUT2D eigenvalue weighted by atomic mass is 9.97. The number of halogens is 2. The summed E-state index contributed by atoms with van der Waals surface area (Å²) in [5.41, 5.74) is 7.99. The number of carboxylic acids is 1. The SMILES string of the molecule is CN(C)Cc1cnc(N)[nH]1.COc1cc(OC)c(Cl)c(-c2ccc(C(=O)O)c3ncccc23)c1Cl. The third-order valence-electron chi connectivity index (χ3n) is 4.98. The molecular weight excluding hydrogens is 493 g/mol. The van der Waals surface area contributed by atoms with Crippen LogP contribution >= 0.6 is 23.2 Å². The number of pyridine rings is 1. The highest BCUT2D eigenvalue weighted by atomic mass is 35.5. The third-order valence-corrected chi connectivity index (χ3v) is 5.73. The number of imidazole rings is 1. The van der Waals surface area contributed by atoms with Gasteiger partial charge in [-0.25, -0.2) is 9.78 Å². The molecule has 2 heterocycles. The first-order chi connectivity index (χ1) is 16.7. The van der Waals surface area contributed by atoms with Crippen molar-refractivity contribution in [3.63, 3.8) is 0 Å². The lowest BCUT2D eigenvalue weighted by Gasteiger charge is -2.16. The average molecular weight is 518 g/mol. The summed E-state index contributed by atoms with van der Waals surface area (Å²) in [4.78, 5) is 24.5. The number of fused-ring (bicyclic) bond motifs is 1. The van der Waals surface area contributed by atoms with E-state index in [4.69, 9.17) is 38.4 Å². The first-order valence-corrected chi connectivity index (χ1v) is 11.1. The number of benzene rings is 2. The Morgan fingerprint density at radius 2 is 1.77 bits per heavy atom. The van der Waals surface area contributed by atoms with Crippen molar-refractivity contribution < 1.29 is 19.4 Å². The number of nitrogens with two attached hydrogens (primary N) is 1. The van der Waals surface area contributed by atoms with Gasteiger partial charge in [-0.05, 0) is 31.8 Å². The molecule has 2 aromatic heterocycles. The molecule has 4 rings (SSSR count). The summed E-state index contributed by atoms with van der Waals surface area (Å²) in [7, 11) is 6.98. The lowest BCUT2D eigenvalue weighted by molar-refractivity contribution is 0.0699. The molecule has 0 aliphatic rings. The molecule has 4 N–H and O–H groups in total. The second-order valence-electron chi connectivity index (χ2n) is 7.68. The molecule has 2 aromatic carbocycles. The monoisotopic (exact) mass is 517 g/mol. The molecule has 11 heteroatoms. The Hall–Kier alpha value is -3.53. The van der Waals surface area contributed by atoms with Gasteiger partial charge < -0.3 is 30.2 Å². The Kier molecular flexibility index (Phi) is 8.39. The maximum Gasteiger partial charge on any atom is 0.337 e. The number of rotatable bonds is 6. The number of hydrogen-bond acceptors (Lipinski definition) is 7. The number of nitrogen functional groups attached to an aromatic ring is 1. The molecule has 0 aliphatic carbocycles. The number of aromatic nitrogens is 3.